The molecule has 0 N–H and O–H groups in total. The van der Waals surface area contributed by atoms with Crippen molar-refractivity contribution in [2.24, 2.45) is 0 Å². The van der Waals surface area contributed by atoms with Crippen LogP contribution in [0.4, 0.5) is 5.13 Å². The van der Waals surface area contributed by atoms with E-state index in [0.29, 0.717) is 25.9 Å². The van der Waals surface area contributed by atoms with Gasteiger partial charge in [0.1, 0.15) is 4.34 Å². The van der Waals surface area contributed by atoms with Gasteiger partial charge in [-0.25, -0.2) is 4.98 Å². The Hall–Kier alpha value is -0.890. The van der Waals surface area contributed by atoms with Crippen molar-refractivity contribution in [1.29, 1.82) is 0 Å². The number of amides is 1. The molecule has 0 fully saturated rings. The van der Waals surface area contributed by atoms with Crippen LogP contribution < -0.4 is 4.90 Å². The number of anilines is 1. The zero-order valence-corrected chi connectivity index (χ0v) is 19.1. The average Bonchev–Trinajstić information content (AvgIpc) is 3.12. The van der Waals surface area contributed by atoms with E-state index in [9.17, 15) is 4.79 Å². The van der Waals surface area contributed by atoms with Crippen LogP contribution in [0, 0.1) is 6.92 Å². The van der Waals surface area contributed by atoms with Crippen molar-refractivity contribution >= 4 is 79.5 Å². The number of hydrogen-bond acceptors (Lipinski definition) is 5. The highest BCUT2D eigenvalue weighted by Crippen LogP contribution is 2.35. The van der Waals surface area contributed by atoms with Crippen LogP contribution in [0.3, 0.4) is 0 Å². The first-order chi connectivity index (χ1) is 12.3. The van der Waals surface area contributed by atoms with Crippen LogP contribution in [0.1, 0.15) is 22.3 Å². The largest absolute Gasteiger partial charge is 0.309 e. The molecule has 0 bridgehead atoms. The third-order valence-corrected chi connectivity index (χ3v) is 6.41. The summed E-state index contributed by atoms with van der Waals surface area (Å²) in [5.74, 6) is -0.160. The summed E-state index contributed by atoms with van der Waals surface area (Å²) in [5, 5.41) is 0.688. The van der Waals surface area contributed by atoms with Crippen LogP contribution in [0.2, 0.25) is 8.67 Å². The summed E-state index contributed by atoms with van der Waals surface area (Å²) in [6, 6.07) is 7.74. The van der Waals surface area contributed by atoms with Gasteiger partial charge in [0.05, 0.1) is 20.1 Å². The van der Waals surface area contributed by atoms with Crippen LogP contribution in [0.25, 0.3) is 10.2 Å². The average molecular weight is 465 g/mol. The van der Waals surface area contributed by atoms with Gasteiger partial charge < -0.3 is 4.90 Å². The van der Waals surface area contributed by atoms with Gasteiger partial charge in [-0.1, -0.05) is 40.6 Å². The van der Waals surface area contributed by atoms with E-state index in [1.165, 1.54) is 28.2 Å². The summed E-state index contributed by atoms with van der Waals surface area (Å²) in [7, 11) is 4.03. The van der Waals surface area contributed by atoms with E-state index in [-0.39, 0.29) is 18.3 Å². The molecular formula is C18H20Cl3N3OS2. The lowest BCUT2D eigenvalue weighted by Crippen LogP contribution is -2.33. The number of halogens is 3. The summed E-state index contributed by atoms with van der Waals surface area (Å²) in [6.07, 6.45) is 0.836. The first-order valence-corrected chi connectivity index (χ1v) is 10.5. The predicted molar refractivity (Wildman–Crippen MR) is 121 cm³/mol. The second-order valence-electron chi connectivity index (χ2n) is 6.32. The van der Waals surface area contributed by atoms with E-state index in [1.807, 2.05) is 33.2 Å². The number of rotatable bonds is 6. The molecule has 0 aliphatic rings. The zero-order chi connectivity index (χ0) is 18.8. The summed E-state index contributed by atoms with van der Waals surface area (Å²) in [5.41, 5.74) is 2.50. The molecule has 0 saturated carbocycles. The van der Waals surface area contributed by atoms with Crippen molar-refractivity contribution in [3.05, 3.63) is 44.1 Å². The van der Waals surface area contributed by atoms with Gasteiger partial charge in [0.2, 0.25) is 0 Å². The molecule has 0 aliphatic heterocycles. The number of thiophene rings is 1. The number of hydrogen-bond donors (Lipinski definition) is 0. The van der Waals surface area contributed by atoms with E-state index >= 15 is 0 Å². The maximum atomic E-state index is 13.1. The molecule has 1 amide bonds. The summed E-state index contributed by atoms with van der Waals surface area (Å²) in [6.45, 7) is 3.50. The maximum absolute atomic E-state index is 13.1. The quantitative estimate of drug-likeness (QED) is 0.449. The fourth-order valence-electron chi connectivity index (χ4n) is 2.60. The third kappa shape index (κ3) is 5.34. The Morgan fingerprint density at radius 2 is 1.89 bits per heavy atom. The lowest BCUT2D eigenvalue weighted by molar-refractivity contribution is 0.0986. The molecule has 0 saturated heterocycles. The minimum absolute atomic E-state index is 0. The molecular weight excluding hydrogens is 445 g/mol. The minimum Gasteiger partial charge on any atom is -0.309 e. The van der Waals surface area contributed by atoms with Gasteiger partial charge in [-0.05, 0) is 57.7 Å². The van der Waals surface area contributed by atoms with E-state index in [1.54, 1.807) is 11.0 Å². The Balaban J connectivity index is 0.00000261. The molecule has 3 rings (SSSR count). The molecule has 0 radical (unpaired) electrons. The lowest BCUT2D eigenvalue weighted by Gasteiger charge is -2.20. The van der Waals surface area contributed by atoms with E-state index in [4.69, 9.17) is 23.2 Å². The lowest BCUT2D eigenvalue weighted by atomic mass is 10.2. The van der Waals surface area contributed by atoms with E-state index in [2.05, 4.69) is 16.0 Å². The SMILES string of the molecule is Cc1ccc2nc(N(CCCN(C)C)C(=O)c3cc(Cl)sc3Cl)sc2c1.Cl. The van der Waals surface area contributed by atoms with Crippen LogP contribution >= 0.6 is 58.3 Å². The van der Waals surface area contributed by atoms with Crippen molar-refractivity contribution in [1.82, 2.24) is 9.88 Å². The third-order valence-electron chi connectivity index (χ3n) is 3.88. The molecule has 0 aliphatic carbocycles. The molecule has 1 aromatic carbocycles. The number of aromatic nitrogens is 1. The normalized spacial score (nSPS) is 11.0. The molecule has 9 heteroatoms. The fourth-order valence-corrected chi connectivity index (χ4v) is 5.13. The van der Waals surface area contributed by atoms with Gasteiger partial charge in [-0.15, -0.1) is 23.7 Å². The molecule has 0 atom stereocenters. The molecule has 2 heterocycles. The Morgan fingerprint density at radius 1 is 1.15 bits per heavy atom. The molecule has 0 spiro atoms. The summed E-state index contributed by atoms with van der Waals surface area (Å²) in [4.78, 5) is 21.6. The van der Waals surface area contributed by atoms with Gasteiger partial charge in [0.25, 0.3) is 5.91 Å². The second kappa shape index (κ2) is 9.54. The first kappa shape index (κ1) is 22.4. The number of fused-ring (bicyclic) bond motifs is 1. The van der Waals surface area contributed by atoms with Crippen molar-refractivity contribution in [2.45, 2.75) is 13.3 Å². The van der Waals surface area contributed by atoms with Crippen LogP contribution in [-0.4, -0.2) is 43.0 Å². The molecule has 0 unspecified atom stereocenters. The monoisotopic (exact) mass is 463 g/mol. The van der Waals surface area contributed by atoms with E-state index in [0.717, 1.165) is 23.2 Å². The Bertz CT molecular complexity index is 939. The van der Waals surface area contributed by atoms with Crippen molar-refractivity contribution in [3.63, 3.8) is 0 Å². The first-order valence-electron chi connectivity index (χ1n) is 8.14. The minimum atomic E-state index is -0.160. The number of benzene rings is 1. The Kier molecular flexibility index (Phi) is 7.92. The number of aryl methyl sites for hydroxylation is 1. The van der Waals surface area contributed by atoms with E-state index < -0.39 is 0 Å². The highest BCUT2D eigenvalue weighted by atomic mass is 35.5. The zero-order valence-electron chi connectivity index (χ0n) is 15.2. The van der Waals surface area contributed by atoms with Gasteiger partial charge in [0.15, 0.2) is 5.13 Å². The van der Waals surface area contributed by atoms with Gasteiger partial charge in [-0.2, -0.15) is 0 Å². The van der Waals surface area contributed by atoms with Gasteiger partial charge in [0, 0.05) is 6.54 Å². The Labute approximate surface area is 183 Å². The molecule has 3 aromatic rings. The Morgan fingerprint density at radius 3 is 2.52 bits per heavy atom. The topological polar surface area (TPSA) is 36.4 Å². The maximum Gasteiger partial charge on any atom is 0.262 e. The van der Waals surface area contributed by atoms with Crippen LogP contribution in [0.5, 0.6) is 0 Å². The van der Waals surface area contributed by atoms with Crippen molar-refractivity contribution < 1.29 is 4.79 Å². The molecule has 2 aromatic heterocycles. The second-order valence-corrected chi connectivity index (χ2v) is 9.61. The molecule has 146 valence electrons. The van der Waals surface area contributed by atoms with Gasteiger partial charge >= 0.3 is 0 Å². The predicted octanol–water partition coefficient (Wildman–Crippen LogP) is 5.99. The van der Waals surface area contributed by atoms with Crippen LogP contribution in [-0.2, 0) is 0 Å². The van der Waals surface area contributed by atoms with Crippen molar-refractivity contribution in [2.75, 3.05) is 32.1 Å². The molecule has 4 nitrogen and oxygen atoms in total. The van der Waals surface area contributed by atoms with Gasteiger partial charge in [-0.3, -0.25) is 9.69 Å². The highest BCUT2D eigenvalue weighted by molar-refractivity contribution is 7.22. The number of thiazole rings is 1. The number of nitrogens with zero attached hydrogens (tertiary/aromatic N) is 3. The smallest absolute Gasteiger partial charge is 0.262 e. The van der Waals surface area contributed by atoms with Crippen molar-refractivity contribution in [3.8, 4) is 0 Å². The molecule has 27 heavy (non-hydrogen) atoms. The summed E-state index contributed by atoms with van der Waals surface area (Å²) >= 11 is 15.0. The number of carbonyl (C=O) groups is 1. The fraction of sp³-hybridized carbons (Fsp3) is 0.333. The number of carbonyl (C=O) groups excluding carboxylic acids is 1. The standard InChI is InChI=1S/C18H19Cl2N3OS2.ClH/c1-11-5-6-13-14(9-11)25-18(21-13)23(8-4-7-22(2)3)17(24)12-10-15(19)26-16(12)20;/h5-6,9-10H,4,7-8H2,1-3H3;1H. The van der Waals surface area contributed by atoms with Crippen LogP contribution in [0.15, 0.2) is 24.3 Å². The summed E-state index contributed by atoms with van der Waals surface area (Å²) < 4.78 is 1.99. The highest BCUT2D eigenvalue weighted by Gasteiger charge is 2.24.